The molecule has 0 aliphatic heterocycles. The number of hydrogen-bond donors (Lipinski definition) is 2. The Morgan fingerprint density at radius 1 is 1.39 bits per heavy atom. The highest BCUT2D eigenvalue weighted by Crippen LogP contribution is 2.32. The second-order valence-electron chi connectivity index (χ2n) is 4.53. The molecule has 4 N–H and O–H groups in total. The predicted octanol–water partition coefficient (Wildman–Crippen LogP) is 2.59. The van der Waals surface area contributed by atoms with E-state index in [0.717, 1.165) is 4.47 Å². The van der Waals surface area contributed by atoms with E-state index < -0.39 is 5.63 Å². The van der Waals surface area contributed by atoms with E-state index >= 15 is 0 Å². The monoisotopic (exact) mass is 394 g/mol. The van der Waals surface area contributed by atoms with E-state index in [1.807, 2.05) is 6.07 Å². The lowest BCUT2D eigenvalue weighted by Crippen LogP contribution is -2.21. The molecular weight excluding hydrogens is 384 g/mol. The zero-order chi connectivity index (χ0) is 16.6. The molecule has 0 radical (unpaired) electrons. The van der Waals surface area contributed by atoms with Crippen LogP contribution in [0.5, 0.6) is 5.75 Å². The zero-order valence-electron chi connectivity index (χ0n) is 11.9. The minimum atomic E-state index is -0.514. The van der Waals surface area contributed by atoms with Crippen LogP contribution in [0.4, 0.5) is 5.13 Å². The van der Waals surface area contributed by atoms with Crippen molar-refractivity contribution in [3.05, 3.63) is 38.5 Å². The van der Waals surface area contributed by atoms with E-state index in [0.29, 0.717) is 33.1 Å². The van der Waals surface area contributed by atoms with Gasteiger partial charge in [-0.15, -0.1) is 11.3 Å². The van der Waals surface area contributed by atoms with Crippen molar-refractivity contribution in [1.29, 1.82) is 0 Å². The normalized spacial score (nSPS) is 10.7. The lowest BCUT2D eigenvalue weighted by atomic mass is 10.1. The molecular formula is C14H11BrN4O3S. The maximum absolute atomic E-state index is 12.3. The summed E-state index contributed by atoms with van der Waals surface area (Å²) in [6, 6.07) is 5.25. The molecule has 0 amide bonds. The fraction of sp³-hybridized carbons (Fsp3) is 0.0714. The van der Waals surface area contributed by atoms with Crippen LogP contribution in [0.1, 0.15) is 0 Å². The van der Waals surface area contributed by atoms with Crippen molar-refractivity contribution >= 4 is 49.3 Å². The van der Waals surface area contributed by atoms with Gasteiger partial charge < -0.3 is 20.6 Å². The Balaban J connectivity index is 2.19. The molecule has 3 rings (SSSR count). The largest absolute Gasteiger partial charge is 0.493 e. The lowest BCUT2D eigenvalue weighted by Gasteiger charge is -2.06. The van der Waals surface area contributed by atoms with Crippen molar-refractivity contribution in [3.63, 3.8) is 0 Å². The smallest absolute Gasteiger partial charge is 0.345 e. The number of aromatic nitrogens is 1. The Morgan fingerprint density at radius 3 is 2.87 bits per heavy atom. The summed E-state index contributed by atoms with van der Waals surface area (Å²) in [5, 5.41) is 2.77. The van der Waals surface area contributed by atoms with Gasteiger partial charge in [-0.3, -0.25) is 0 Å². The van der Waals surface area contributed by atoms with Crippen LogP contribution >= 0.6 is 27.3 Å². The second-order valence-corrected chi connectivity index (χ2v) is 6.28. The van der Waals surface area contributed by atoms with E-state index in [1.165, 1.54) is 18.4 Å². The van der Waals surface area contributed by atoms with Crippen molar-refractivity contribution in [2.75, 3.05) is 7.11 Å². The minimum Gasteiger partial charge on any atom is -0.493 e. The summed E-state index contributed by atoms with van der Waals surface area (Å²) < 4.78 is 11.4. The third kappa shape index (κ3) is 3.06. The molecule has 0 aliphatic rings. The predicted molar refractivity (Wildman–Crippen MR) is 93.3 cm³/mol. The van der Waals surface area contributed by atoms with Crippen LogP contribution in [0.15, 0.2) is 42.3 Å². The highest BCUT2D eigenvalue weighted by molar-refractivity contribution is 9.10. The van der Waals surface area contributed by atoms with E-state index in [2.05, 4.69) is 25.9 Å². The molecule has 0 atom stereocenters. The standard InChI is InChI=1S/C14H11BrN4O3S/c1-21-10-4-7(15)2-6-3-8(12(20)22-11(6)10)9-5-23-14(18-9)19-13(16)17/h2-5H,1H3,(H4,16,17,18,19). The van der Waals surface area contributed by atoms with Gasteiger partial charge in [-0.2, -0.15) is 4.99 Å². The molecule has 1 aromatic carbocycles. The van der Waals surface area contributed by atoms with E-state index in [1.54, 1.807) is 17.5 Å². The number of rotatable bonds is 3. The number of nitrogens with zero attached hydrogens (tertiary/aromatic N) is 2. The van der Waals surface area contributed by atoms with E-state index in [-0.39, 0.29) is 5.96 Å². The third-order valence-corrected chi connectivity index (χ3v) is 4.17. The Labute approximate surface area is 142 Å². The van der Waals surface area contributed by atoms with Gasteiger partial charge in [0.2, 0.25) is 5.13 Å². The Morgan fingerprint density at radius 2 is 2.17 bits per heavy atom. The van der Waals surface area contributed by atoms with Gasteiger partial charge >= 0.3 is 5.63 Å². The number of aliphatic imine (C=N–C) groups is 1. The summed E-state index contributed by atoms with van der Waals surface area (Å²) in [5.41, 5.74) is 11.3. The number of halogens is 1. The fourth-order valence-electron chi connectivity index (χ4n) is 2.05. The van der Waals surface area contributed by atoms with Gasteiger partial charge in [0.15, 0.2) is 17.3 Å². The molecule has 0 spiro atoms. The molecule has 3 aromatic rings. The molecule has 0 saturated heterocycles. The maximum atomic E-state index is 12.3. The van der Waals surface area contributed by atoms with Crippen molar-refractivity contribution in [3.8, 4) is 17.0 Å². The first-order valence-corrected chi connectivity index (χ1v) is 8.02. The molecule has 0 aliphatic carbocycles. The first-order valence-electron chi connectivity index (χ1n) is 6.35. The van der Waals surface area contributed by atoms with E-state index in [9.17, 15) is 4.79 Å². The number of guanidine groups is 1. The molecule has 23 heavy (non-hydrogen) atoms. The molecule has 9 heteroatoms. The summed E-state index contributed by atoms with van der Waals surface area (Å²) in [5.74, 6) is 0.377. The third-order valence-electron chi connectivity index (χ3n) is 2.98. The molecule has 7 nitrogen and oxygen atoms in total. The van der Waals surface area contributed by atoms with E-state index in [4.69, 9.17) is 20.6 Å². The zero-order valence-corrected chi connectivity index (χ0v) is 14.3. The van der Waals surface area contributed by atoms with Crippen molar-refractivity contribution < 1.29 is 9.15 Å². The molecule has 0 unspecified atom stereocenters. The first kappa shape index (κ1) is 15.5. The van der Waals surface area contributed by atoms with Crippen LogP contribution in [0.2, 0.25) is 0 Å². The average molecular weight is 395 g/mol. The summed E-state index contributed by atoms with van der Waals surface area (Å²) >= 11 is 4.62. The number of ether oxygens (including phenoxy) is 1. The SMILES string of the molecule is COc1cc(Br)cc2cc(-c3csc(N=C(N)N)n3)c(=O)oc12. The van der Waals surface area contributed by atoms with Gasteiger partial charge in [-0.05, 0) is 18.2 Å². The Bertz CT molecular complexity index is 976. The van der Waals surface area contributed by atoms with Crippen LogP contribution in [0.3, 0.4) is 0 Å². The minimum absolute atomic E-state index is 0.0925. The summed E-state index contributed by atoms with van der Waals surface area (Å²) in [7, 11) is 1.51. The van der Waals surface area contributed by atoms with Crippen LogP contribution < -0.4 is 21.8 Å². The molecule has 0 bridgehead atoms. The van der Waals surface area contributed by atoms with Gasteiger partial charge in [0.05, 0.1) is 18.4 Å². The highest BCUT2D eigenvalue weighted by Gasteiger charge is 2.14. The molecule has 2 aromatic heterocycles. The first-order chi connectivity index (χ1) is 11.0. The maximum Gasteiger partial charge on any atom is 0.345 e. The average Bonchev–Trinajstić information content (AvgIpc) is 2.93. The molecule has 118 valence electrons. The van der Waals surface area contributed by atoms with Crippen molar-refractivity contribution in [2.45, 2.75) is 0 Å². The number of nitrogens with two attached hydrogens (primary N) is 2. The van der Waals surface area contributed by atoms with Crippen molar-refractivity contribution in [1.82, 2.24) is 4.98 Å². The highest BCUT2D eigenvalue weighted by atomic mass is 79.9. The fourth-order valence-corrected chi connectivity index (χ4v) is 3.21. The Kier molecular flexibility index (Phi) is 4.05. The molecule has 0 saturated carbocycles. The Hall–Kier alpha value is -2.39. The summed E-state index contributed by atoms with van der Waals surface area (Å²) in [4.78, 5) is 20.3. The second kappa shape index (κ2) is 6.01. The number of thiazole rings is 1. The van der Waals surface area contributed by atoms with Gasteiger partial charge in [-0.25, -0.2) is 9.78 Å². The van der Waals surface area contributed by atoms with Crippen molar-refractivity contribution in [2.24, 2.45) is 16.5 Å². The molecule has 0 fully saturated rings. The van der Waals surface area contributed by atoms with Gasteiger partial charge in [0.1, 0.15) is 0 Å². The van der Waals surface area contributed by atoms with Crippen LogP contribution in [-0.4, -0.2) is 18.1 Å². The van der Waals surface area contributed by atoms with Crippen LogP contribution in [0.25, 0.3) is 22.2 Å². The van der Waals surface area contributed by atoms with Gasteiger partial charge in [0.25, 0.3) is 0 Å². The number of fused-ring (bicyclic) bond motifs is 1. The number of benzene rings is 1. The summed E-state index contributed by atoms with van der Waals surface area (Å²) in [6.45, 7) is 0. The topological polar surface area (TPSA) is 117 Å². The lowest BCUT2D eigenvalue weighted by molar-refractivity contribution is 0.406. The van der Waals surface area contributed by atoms with Crippen LogP contribution in [-0.2, 0) is 0 Å². The van der Waals surface area contributed by atoms with Gasteiger partial charge in [0, 0.05) is 15.2 Å². The number of methoxy groups -OCH3 is 1. The van der Waals surface area contributed by atoms with Crippen LogP contribution in [0, 0.1) is 0 Å². The molecule has 2 heterocycles. The number of hydrogen-bond acceptors (Lipinski definition) is 6. The summed E-state index contributed by atoms with van der Waals surface area (Å²) in [6.07, 6.45) is 0. The quantitative estimate of drug-likeness (QED) is 0.400. The van der Waals surface area contributed by atoms with Gasteiger partial charge in [-0.1, -0.05) is 15.9 Å².